The van der Waals surface area contributed by atoms with Crippen LogP contribution < -0.4 is 21.3 Å². The molecule has 1 saturated heterocycles. The van der Waals surface area contributed by atoms with E-state index in [4.69, 9.17) is 14.2 Å². The molecular formula is C27H31F3N4O10. The summed E-state index contributed by atoms with van der Waals surface area (Å²) >= 11 is 0. The van der Waals surface area contributed by atoms with Crippen molar-refractivity contribution < 1.29 is 47.3 Å². The molecule has 1 aromatic heterocycles. The number of ether oxygens (including phenoxy) is 3. The van der Waals surface area contributed by atoms with Gasteiger partial charge in [0.2, 0.25) is 0 Å². The van der Waals surface area contributed by atoms with Gasteiger partial charge in [0.1, 0.15) is 18.1 Å². The van der Waals surface area contributed by atoms with Gasteiger partial charge in [-0.05, 0) is 11.5 Å². The van der Waals surface area contributed by atoms with Crippen LogP contribution in [0.3, 0.4) is 0 Å². The number of aromatic nitrogens is 2. The van der Waals surface area contributed by atoms with E-state index in [9.17, 15) is 47.9 Å². The summed E-state index contributed by atoms with van der Waals surface area (Å²) in [4.78, 5) is 49.6. The molecule has 44 heavy (non-hydrogen) atoms. The molecule has 1 aromatic carbocycles. The van der Waals surface area contributed by atoms with Gasteiger partial charge < -0.3 is 29.7 Å². The first kappa shape index (κ1) is 34.3. The number of nitro groups is 1. The standard InChI is InChI=1S/C27H31F3N4O10/c1-26(2,3)22(43-13-15-11-33(25(39)32-23(15)37)21-10-18(36)20(12-35)44-21)16-9-19(42-4)14(8-17(16)34(40)41)6-5-7-31-24(38)27(28,29)30/h8-9,11,18,20-22,35-36H,7,10,12-13H2,1-4H3,(H,31,38)(H,32,37,39)/t18-,20+,21+,22+/m0/s1. The van der Waals surface area contributed by atoms with Crippen LogP contribution in [0.5, 0.6) is 5.75 Å². The van der Waals surface area contributed by atoms with Crippen LogP contribution in [0.4, 0.5) is 18.9 Å². The molecule has 0 aliphatic carbocycles. The smallest absolute Gasteiger partial charge is 0.471 e. The third kappa shape index (κ3) is 8.02. The number of nitrogens with one attached hydrogen (secondary N) is 2. The van der Waals surface area contributed by atoms with Crippen LogP contribution in [0, 0.1) is 27.4 Å². The van der Waals surface area contributed by atoms with Gasteiger partial charge in [-0.3, -0.25) is 29.3 Å². The van der Waals surface area contributed by atoms with E-state index in [1.54, 1.807) is 26.1 Å². The Balaban J connectivity index is 1.95. The second-order valence-electron chi connectivity index (χ2n) is 10.8. The summed E-state index contributed by atoms with van der Waals surface area (Å²) in [5.41, 5.74) is -2.94. The lowest BCUT2D eigenvalue weighted by atomic mass is 9.83. The van der Waals surface area contributed by atoms with Crippen molar-refractivity contribution in [2.75, 3.05) is 20.3 Å². The number of carbonyl (C=O) groups excluding carboxylic acids is 1. The number of alkyl halides is 3. The van der Waals surface area contributed by atoms with Gasteiger partial charge >= 0.3 is 17.8 Å². The number of halogens is 3. The van der Waals surface area contributed by atoms with Crippen LogP contribution in [0.25, 0.3) is 0 Å². The van der Waals surface area contributed by atoms with Crippen molar-refractivity contribution in [1.82, 2.24) is 14.9 Å². The predicted octanol–water partition coefficient (Wildman–Crippen LogP) is 1.43. The SMILES string of the molecule is COc1cc([C@@H](OCc2cn([C@H]3C[C@H](O)[C@@H](CO)O3)c(=O)[nH]c2=O)C(C)(C)C)c([N+](=O)[O-])cc1C#CCNC(=O)C(F)(F)F. The van der Waals surface area contributed by atoms with E-state index in [1.165, 1.54) is 19.4 Å². The van der Waals surface area contributed by atoms with Gasteiger partial charge in [-0.2, -0.15) is 13.2 Å². The minimum Gasteiger partial charge on any atom is -0.495 e. The third-order valence-electron chi connectivity index (χ3n) is 6.57. The molecule has 3 rings (SSSR count). The number of hydrogen-bond acceptors (Lipinski definition) is 10. The zero-order chi connectivity index (χ0) is 33.0. The van der Waals surface area contributed by atoms with E-state index >= 15 is 0 Å². The van der Waals surface area contributed by atoms with E-state index in [0.29, 0.717) is 0 Å². The number of rotatable bonds is 9. The number of benzene rings is 1. The average Bonchev–Trinajstić information content (AvgIpc) is 3.30. The van der Waals surface area contributed by atoms with Crippen molar-refractivity contribution in [2.24, 2.45) is 5.41 Å². The van der Waals surface area contributed by atoms with Crippen LogP contribution in [-0.2, 0) is 20.9 Å². The maximum absolute atomic E-state index is 12.6. The van der Waals surface area contributed by atoms with Gasteiger partial charge in [-0.1, -0.05) is 32.6 Å². The van der Waals surface area contributed by atoms with E-state index in [0.717, 1.165) is 10.6 Å². The van der Waals surface area contributed by atoms with E-state index in [1.807, 2.05) is 0 Å². The highest BCUT2D eigenvalue weighted by Gasteiger charge is 2.38. The largest absolute Gasteiger partial charge is 0.495 e. The molecule has 4 N–H and O–H groups in total. The van der Waals surface area contributed by atoms with Gasteiger partial charge in [0.25, 0.3) is 11.2 Å². The van der Waals surface area contributed by atoms with E-state index in [-0.39, 0.29) is 28.9 Å². The highest BCUT2D eigenvalue weighted by Crippen LogP contribution is 2.43. The van der Waals surface area contributed by atoms with Gasteiger partial charge in [-0.15, -0.1) is 0 Å². The number of carbonyl (C=O) groups is 1. The Morgan fingerprint density at radius 1 is 1.32 bits per heavy atom. The number of nitrogens with zero attached hydrogens (tertiary/aromatic N) is 2. The van der Waals surface area contributed by atoms with E-state index < -0.39 is 83.7 Å². The Bertz CT molecular complexity index is 1570. The van der Waals surface area contributed by atoms with Crippen LogP contribution in [-0.4, -0.2) is 69.2 Å². The number of aliphatic hydroxyl groups is 2. The van der Waals surface area contributed by atoms with Crippen LogP contribution in [0.2, 0.25) is 0 Å². The summed E-state index contributed by atoms with van der Waals surface area (Å²) in [5, 5.41) is 33.1. The molecule has 0 spiro atoms. The lowest BCUT2D eigenvalue weighted by Crippen LogP contribution is -2.36. The molecule has 1 amide bonds. The molecule has 17 heteroatoms. The normalized spacial score (nSPS) is 19.2. The average molecular weight is 629 g/mol. The van der Waals surface area contributed by atoms with Crippen molar-refractivity contribution in [1.29, 1.82) is 0 Å². The summed E-state index contributed by atoms with van der Waals surface area (Å²) < 4.78 is 55.1. The summed E-state index contributed by atoms with van der Waals surface area (Å²) in [5.74, 6) is 2.59. The van der Waals surface area contributed by atoms with Crippen molar-refractivity contribution in [2.45, 2.75) is 64.5 Å². The third-order valence-corrected chi connectivity index (χ3v) is 6.57. The van der Waals surface area contributed by atoms with Crippen LogP contribution in [0.1, 0.15) is 56.2 Å². The van der Waals surface area contributed by atoms with E-state index in [2.05, 4.69) is 16.8 Å². The molecule has 0 saturated carbocycles. The Hall–Kier alpha value is -4.24. The minimum atomic E-state index is -5.10. The lowest BCUT2D eigenvalue weighted by Gasteiger charge is -2.31. The molecule has 4 atom stereocenters. The first-order valence-electron chi connectivity index (χ1n) is 13.1. The molecule has 2 heterocycles. The maximum atomic E-state index is 12.6. The summed E-state index contributed by atoms with van der Waals surface area (Å²) in [6, 6.07) is 2.35. The second kappa shape index (κ2) is 13.6. The molecule has 1 fully saturated rings. The molecule has 240 valence electrons. The zero-order valence-electron chi connectivity index (χ0n) is 24.1. The summed E-state index contributed by atoms with van der Waals surface area (Å²) in [6.45, 7) is 3.57. The fourth-order valence-corrected chi connectivity index (χ4v) is 4.46. The Morgan fingerprint density at radius 2 is 2.00 bits per heavy atom. The zero-order valence-corrected chi connectivity index (χ0v) is 24.1. The molecule has 0 bridgehead atoms. The van der Waals surface area contributed by atoms with Crippen molar-refractivity contribution in [3.63, 3.8) is 0 Å². The quantitative estimate of drug-likeness (QED) is 0.179. The van der Waals surface area contributed by atoms with Gasteiger partial charge in [0.15, 0.2) is 0 Å². The highest BCUT2D eigenvalue weighted by atomic mass is 19.4. The van der Waals surface area contributed by atoms with Gasteiger partial charge in [-0.25, -0.2) is 4.79 Å². The number of methoxy groups -OCH3 is 1. The first-order chi connectivity index (χ1) is 20.5. The van der Waals surface area contributed by atoms with Crippen LogP contribution in [0.15, 0.2) is 27.9 Å². The van der Waals surface area contributed by atoms with Crippen molar-refractivity contribution in [3.8, 4) is 17.6 Å². The molecule has 0 radical (unpaired) electrons. The number of aliphatic hydroxyl groups excluding tert-OH is 2. The maximum Gasteiger partial charge on any atom is 0.471 e. The summed E-state index contributed by atoms with van der Waals surface area (Å²) in [6.07, 6.45) is -7.94. The molecule has 1 aliphatic heterocycles. The number of amides is 1. The molecular weight excluding hydrogens is 597 g/mol. The number of hydrogen-bond donors (Lipinski definition) is 4. The Kier molecular flexibility index (Phi) is 10.6. The number of aromatic amines is 1. The molecule has 2 aromatic rings. The minimum absolute atomic E-state index is 0.0277. The van der Waals surface area contributed by atoms with Gasteiger partial charge in [0.05, 0.1) is 60.7 Å². The number of nitro benzene ring substituents is 1. The molecule has 14 nitrogen and oxygen atoms in total. The second-order valence-corrected chi connectivity index (χ2v) is 10.8. The van der Waals surface area contributed by atoms with Gasteiger partial charge in [0, 0.05) is 18.7 Å². The Labute approximate surface area is 247 Å². The van der Waals surface area contributed by atoms with Crippen molar-refractivity contribution >= 4 is 11.6 Å². The molecule has 1 aliphatic rings. The fourth-order valence-electron chi connectivity index (χ4n) is 4.46. The summed E-state index contributed by atoms with van der Waals surface area (Å²) in [7, 11) is 1.25. The Morgan fingerprint density at radius 3 is 2.55 bits per heavy atom. The highest BCUT2D eigenvalue weighted by molar-refractivity contribution is 5.81. The first-order valence-corrected chi connectivity index (χ1v) is 13.1. The monoisotopic (exact) mass is 628 g/mol. The topological polar surface area (TPSA) is 195 Å². The van der Waals surface area contributed by atoms with Crippen LogP contribution >= 0.6 is 0 Å². The molecule has 0 unspecified atom stereocenters. The predicted molar refractivity (Wildman–Crippen MR) is 146 cm³/mol. The van der Waals surface area contributed by atoms with Crippen molar-refractivity contribution in [3.05, 3.63) is 66.0 Å². The number of H-pyrrole nitrogens is 1. The lowest BCUT2D eigenvalue weighted by molar-refractivity contribution is -0.386. The fraction of sp³-hybridized carbons (Fsp3) is 0.519.